The Kier molecular flexibility index (Phi) is 12.4. The van der Waals surface area contributed by atoms with Gasteiger partial charge in [-0.2, -0.15) is 0 Å². The van der Waals surface area contributed by atoms with Crippen LogP contribution < -0.4 is 26.6 Å². The lowest BCUT2D eigenvalue weighted by atomic mass is 9.55. The molecule has 0 spiro atoms. The first-order valence-corrected chi connectivity index (χ1v) is 19.4. The molecule has 0 radical (unpaired) electrons. The second kappa shape index (κ2) is 17.4. The molecule has 7 N–H and O–H groups in total. The third kappa shape index (κ3) is 9.91. The average molecular weight is 743 g/mol. The van der Waals surface area contributed by atoms with E-state index in [1.807, 2.05) is 61.7 Å². The number of unbranched alkanes of at least 4 members (excludes halogenated alkanes) is 1. The zero-order valence-electron chi connectivity index (χ0n) is 31.2. The predicted octanol–water partition coefficient (Wildman–Crippen LogP) is 5.79. The summed E-state index contributed by atoms with van der Waals surface area (Å²) in [7, 11) is 0. The fourth-order valence-corrected chi connectivity index (χ4v) is 9.04. The molecule has 4 bridgehead atoms. The van der Waals surface area contributed by atoms with E-state index in [2.05, 4.69) is 31.6 Å². The summed E-state index contributed by atoms with van der Waals surface area (Å²) < 4.78 is 6.16. The number of carbonyl (C=O) groups is 5. The number of H-pyrrole nitrogens is 1. The standard InChI is InChI=1S/C41H54N6O7/c1-25-9-3-5-12-33(25)46-39(52)42-16-8-7-10-31(45-35(48)14-15-36(49)50)24-44-38(51)41(2,22-30-23-43-34-13-6-4-11-32(30)34)47-40(53)54-37-28-18-26-17-27(20-28)21-29(37)19-26/h3-6,9,11-13,23,26-29,31,37,43H,7-8,10,14-22,24H2,1-2H3,(H,44,51)(H,45,48)(H,47,53)(H,49,50)(H2,42,46,52). The molecule has 1 aromatic heterocycles. The van der Waals surface area contributed by atoms with Gasteiger partial charge in [-0.25, -0.2) is 9.59 Å². The number of aryl methyl sites for hydroxylation is 1. The third-order valence-electron chi connectivity index (χ3n) is 11.6. The summed E-state index contributed by atoms with van der Waals surface area (Å²) in [5.41, 5.74) is 2.04. The van der Waals surface area contributed by atoms with Gasteiger partial charge in [-0.05, 0) is 112 Å². The highest BCUT2D eigenvalue weighted by Crippen LogP contribution is 2.54. The van der Waals surface area contributed by atoms with Gasteiger partial charge in [0.25, 0.3) is 0 Å². The van der Waals surface area contributed by atoms with Gasteiger partial charge in [0, 0.05) is 54.8 Å². The number of urea groups is 1. The maximum absolute atomic E-state index is 14.2. The third-order valence-corrected chi connectivity index (χ3v) is 11.6. The SMILES string of the molecule is Cc1ccccc1NC(=O)NCCCCC(CNC(=O)C(C)(Cc1c[nH]c2ccccc12)NC(=O)OC1C2CC3CC(C2)CC1C3)NC(=O)CCC(=O)O. The van der Waals surface area contributed by atoms with Gasteiger partial charge in [0.2, 0.25) is 11.8 Å². The number of alkyl carbamates (subject to hydrolysis) is 1. The zero-order valence-corrected chi connectivity index (χ0v) is 31.2. The van der Waals surface area contributed by atoms with E-state index in [-0.39, 0.29) is 37.9 Å². The summed E-state index contributed by atoms with van der Waals surface area (Å²) in [5, 5.41) is 24.5. The van der Waals surface area contributed by atoms with Gasteiger partial charge < -0.3 is 41.4 Å². The lowest BCUT2D eigenvalue weighted by molar-refractivity contribution is -0.138. The van der Waals surface area contributed by atoms with Crippen molar-refractivity contribution < 1.29 is 33.8 Å². The second-order valence-electron chi connectivity index (χ2n) is 15.9. The molecule has 4 aliphatic rings. The molecule has 54 heavy (non-hydrogen) atoms. The lowest BCUT2D eigenvalue weighted by Crippen LogP contribution is -2.60. The number of nitrogens with one attached hydrogen (secondary N) is 6. The minimum absolute atomic E-state index is 0.0502. The van der Waals surface area contributed by atoms with Crippen LogP contribution in [0.5, 0.6) is 0 Å². The number of fused-ring (bicyclic) bond motifs is 1. The average Bonchev–Trinajstić information content (AvgIpc) is 3.53. The molecule has 290 valence electrons. The molecule has 2 unspecified atom stereocenters. The predicted molar refractivity (Wildman–Crippen MR) is 205 cm³/mol. The van der Waals surface area contributed by atoms with E-state index in [1.165, 1.54) is 6.42 Å². The van der Waals surface area contributed by atoms with E-state index in [4.69, 9.17) is 9.84 Å². The van der Waals surface area contributed by atoms with Gasteiger partial charge in [-0.1, -0.05) is 36.4 Å². The van der Waals surface area contributed by atoms with Crippen molar-refractivity contribution in [3.05, 3.63) is 65.9 Å². The minimum atomic E-state index is -1.40. The first-order chi connectivity index (χ1) is 26.0. The van der Waals surface area contributed by atoms with Crippen molar-refractivity contribution in [2.45, 2.75) is 102 Å². The number of benzene rings is 2. The summed E-state index contributed by atoms with van der Waals surface area (Å²) in [6, 6.07) is 14.4. The van der Waals surface area contributed by atoms with Crippen LogP contribution in [0.4, 0.5) is 15.3 Å². The van der Waals surface area contributed by atoms with Crippen LogP contribution in [0.25, 0.3) is 10.9 Å². The molecular formula is C41H54N6O7. The Morgan fingerprint density at radius 1 is 0.907 bits per heavy atom. The van der Waals surface area contributed by atoms with Crippen molar-refractivity contribution in [1.29, 1.82) is 0 Å². The lowest BCUT2D eigenvalue weighted by Gasteiger charge is -2.53. The topological polar surface area (TPSA) is 191 Å². The van der Waals surface area contributed by atoms with Crippen molar-refractivity contribution in [3.8, 4) is 0 Å². The molecule has 4 aliphatic carbocycles. The van der Waals surface area contributed by atoms with Gasteiger partial charge in [-0.3, -0.25) is 14.4 Å². The van der Waals surface area contributed by atoms with Crippen LogP contribution in [0.2, 0.25) is 0 Å². The largest absolute Gasteiger partial charge is 0.481 e. The second-order valence-corrected chi connectivity index (χ2v) is 15.9. The number of carboxylic acid groups (broad SMARTS) is 1. The highest BCUT2D eigenvalue weighted by atomic mass is 16.6. The Morgan fingerprint density at radius 3 is 2.33 bits per heavy atom. The molecule has 5 amide bonds. The fraction of sp³-hybridized carbons (Fsp3) is 0.537. The number of aromatic nitrogens is 1. The number of carboxylic acids is 1. The maximum Gasteiger partial charge on any atom is 0.408 e. The van der Waals surface area contributed by atoms with Crippen LogP contribution in [-0.4, -0.2) is 70.8 Å². The van der Waals surface area contributed by atoms with Crippen LogP contribution in [0.1, 0.15) is 82.3 Å². The Labute approximate surface area is 316 Å². The molecule has 4 fully saturated rings. The minimum Gasteiger partial charge on any atom is -0.481 e. The van der Waals surface area contributed by atoms with Crippen molar-refractivity contribution in [1.82, 2.24) is 26.3 Å². The summed E-state index contributed by atoms with van der Waals surface area (Å²) in [4.78, 5) is 67.4. The van der Waals surface area contributed by atoms with Crippen molar-refractivity contribution >= 4 is 46.5 Å². The molecule has 4 saturated carbocycles. The molecule has 13 heteroatoms. The van der Waals surface area contributed by atoms with E-state index in [1.54, 1.807) is 6.92 Å². The van der Waals surface area contributed by atoms with E-state index in [9.17, 15) is 24.0 Å². The van der Waals surface area contributed by atoms with Crippen molar-refractivity contribution in [2.75, 3.05) is 18.4 Å². The number of rotatable bonds is 17. The molecule has 0 aliphatic heterocycles. The number of aromatic amines is 1. The van der Waals surface area contributed by atoms with Gasteiger partial charge in [-0.15, -0.1) is 0 Å². The number of ether oxygens (including phenoxy) is 1. The summed E-state index contributed by atoms with van der Waals surface area (Å²) in [6.45, 7) is 4.04. The maximum atomic E-state index is 14.2. The monoisotopic (exact) mass is 742 g/mol. The highest BCUT2D eigenvalue weighted by molar-refractivity contribution is 5.92. The zero-order chi connectivity index (χ0) is 38.2. The first kappa shape index (κ1) is 38.6. The fourth-order valence-electron chi connectivity index (χ4n) is 9.04. The number of amides is 5. The normalized spacial score (nSPS) is 22.8. The van der Waals surface area contributed by atoms with Crippen molar-refractivity contribution in [2.24, 2.45) is 23.7 Å². The molecule has 3 aromatic rings. The Balaban J connectivity index is 1.08. The van der Waals surface area contributed by atoms with Gasteiger partial charge in [0.15, 0.2) is 0 Å². The van der Waals surface area contributed by atoms with E-state index >= 15 is 0 Å². The number of para-hydroxylation sites is 2. The molecule has 0 saturated heterocycles. The van der Waals surface area contributed by atoms with E-state index in [0.717, 1.165) is 65.2 Å². The summed E-state index contributed by atoms with van der Waals surface area (Å²) in [6.07, 6.45) is 8.09. The van der Waals surface area contributed by atoms with E-state index in [0.29, 0.717) is 37.6 Å². The number of hydrogen-bond donors (Lipinski definition) is 7. The van der Waals surface area contributed by atoms with Crippen LogP contribution in [0, 0.1) is 30.6 Å². The molecule has 1 heterocycles. The highest BCUT2D eigenvalue weighted by Gasteiger charge is 2.50. The molecule has 7 rings (SSSR count). The first-order valence-electron chi connectivity index (χ1n) is 19.4. The van der Waals surface area contributed by atoms with Crippen molar-refractivity contribution in [3.63, 3.8) is 0 Å². The number of carbonyl (C=O) groups excluding carboxylic acids is 4. The number of aliphatic carboxylic acids is 1. The van der Waals surface area contributed by atoms with Gasteiger partial charge in [0.05, 0.1) is 6.42 Å². The Hall–Kier alpha value is -5.07. The summed E-state index contributed by atoms with van der Waals surface area (Å²) >= 11 is 0. The number of hydrogen-bond acceptors (Lipinski definition) is 6. The molecule has 2 atom stereocenters. The molecular weight excluding hydrogens is 688 g/mol. The van der Waals surface area contributed by atoms with Gasteiger partial charge >= 0.3 is 18.1 Å². The molecule has 2 aromatic carbocycles. The van der Waals surface area contributed by atoms with Gasteiger partial charge in [0.1, 0.15) is 11.6 Å². The quantitative estimate of drug-likeness (QED) is 0.0852. The van der Waals surface area contributed by atoms with E-state index < -0.39 is 35.5 Å². The van der Waals surface area contributed by atoms with Crippen LogP contribution >= 0.6 is 0 Å². The Morgan fingerprint density at radius 2 is 1.61 bits per heavy atom. The smallest absolute Gasteiger partial charge is 0.408 e. The molecule has 13 nitrogen and oxygen atoms in total. The Bertz CT molecular complexity index is 1800. The van der Waals surface area contributed by atoms with Crippen LogP contribution in [0.15, 0.2) is 54.7 Å². The summed E-state index contributed by atoms with van der Waals surface area (Å²) in [5.74, 6) is 0.231. The van der Waals surface area contributed by atoms with Crippen LogP contribution in [-0.2, 0) is 25.5 Å². The van der Waals surface area contributed by atoms with Crippen LogP contribution in [0.3, 0.4) is 0 Å². The number of anilines is 1.